The van der Waals surface area contributed by atoms with E-state index in [0.29, 0.717) is 6.54 Å². The van der Waals surface area contributed by atoms with Crippen LogP contribution in [-0.2, 0) is 10.0 Å². The third-order valence-corrected chi connectivity index (χ3v) is 4.82. The lowest BCUT2D eigenvalue weighted by molar-refractivity contribution is 0.260. The third kappa shape index (κ3) is 3.65. The summed E-state index contributed by atoms with van der Waals surface area (Å²) >= 11 is 0. The lowest BCUT2D eigenvalue weighted by Gasteiger charge is -2.23. The molecular weight excluding hydrogens is 266 g/mol. The molecule has 1 aromatic heterocycles. The van der Waals surface area contributed by atoms with Gasteiger partial charge in [-0.05, 0) is 38.9 Å². The van der Waals surface area contributed by atoms with E-state index in [4.69, 9.17) is 0 Å². The van der Waals surface area contributed by atoms with Gasteiger partial charge in [0.05, 0.1) is 4.90 Å². The minimum Gasteiger partial charge on any atom is -0.328 e. The Labute approximate surface area is 112 Å². The average molecular weight is 285 g/mol. The largest absolute Gasteiger partial charge is 0.328 e. The number of likely N-dealkylation sites (tertiary alicyclic amines) is 1. The second kappa shape index (κ2) is 5.85. The fraction of sp³-hybridized carbons (Fsp3) is 0.583. The maximum atomic E-state index is 12.0. The fourth-order valence-corrected chi connectivity index (χ4v) is 3.28. The third-order valence-electron chi connectivity index (χ3n) is 3.40. The van der Waals surface area contributed by atoms with E-state index in [0.717, 1.165) is 13.1 Å². The van der Waals surface area contributed by atoms with Crippen LogP contribution in [0.1, 0.15) is 19.8 Å². The van der Waals surface area contributed by atoms with Gasteiger partial charge in [0, 0.05) is 24.8 Å². The van der Waals surface area contributed by atoms with E-state index in [2.05, 4.69) is 14.6 Å². The van der Waals surface area contributed by atoms with Crippen LogP contribution in [0.15, 0.2) is 28.0 Å². The number of H-pyrrole nitrogens is 1. The topological polar surface area (TPSA) is 82.3 Å². The molecule has 1 saturated heterocycles. The van der Waals surface area contributed by atoms with E-state index < -0.39 is 10.0 Å². The van der Waals surface area contributed by atoms with Crippen molar-refractivity contribution in [2.45, 2.75) is 30.7 Å². The molecule has 2 N–H and O–H groups in total. The zero-order chi connectivity index (χ0) is 13.9. The molecule has 2 rings (SSSR count). The van der Waals surface area contributed by atoms with Crippen molar-refractivity contribution in [3.8, 4) is 0 Å². The highest BCUT2D eigenvalue weighted by Gasteiger charge is 2.20. The highest BCUT2D eigenvalue weighted by molar-refractivity contribution is 7.89. The van der Waals surface area contributed by atoms with Crippen LogP contribution in [0.4, 0.5) is 0 Å². The molecule has 106 valence electrons. The van der Waals surface area contributed by atoms with Crippen molar-refractivity contribution in [3.05, 3.63) is 28.7 Å². The Morgan fingerprint density at radius 1 is 1.37 bits per heavy atom. The van der Waals surface area contributed by atoms with Crippen LogP contribution in [0.25, 0.3) is 0 Å². The number of pyridine rings is 1. The normalized spacial score (nSPS) is 18.6. The van der Waals surface area contributed by atoms with Crippen LogP contribution in [0, 0.1) is 0 Å². The monoisotopic (exact) mass is 285 g/mol. The van der Waals surface area contributed by atoms with Crippen LogP contribution in [0.5, 0.6) is 0 Å². The summed E-state index contributed by atoms with van der Waals surface area (Å²) < 4.78 is 26.6. The van der Waals surface area contributed by atoms with Crippen molar-refractivity contribution in [1.82, 2.24) is 14.6 Å². The van der Waals surface area contributed by atoms with E-state index in [9.17, 15) is 13.2 Å². The summed E-state index contributed by atoms with van der Waals surface area (Å²) in [4.78, 5) is 15.6. The molecule has 1 fully saturated rings. The van der Waals surface area contributed by atoms with Gasteiger partial charge in [0.15, 0.2) is 0 Å². The zero-order valence-electron chi connectivity index (χ0n) is 10.9. The van der Waals surface area contributed by atoms with Gasteiger partial charge in [-0.1, -0.05) is 0 Å². The maximum absolute atomic E-state index is 12.0. The molecule has 0 spiro atoms. The molecule has 19 heavy (non-hydrogen) atoms. The summed E-state index contributed by atoms with van der Waals surface area (Å²) in [7, 11) is -3.55. The number of aromatic amines is 1. The number of nitrogens with zero attached hydrogens (tertiary/aromatic N) is 1. The summed E-state index contributed by atoms with van der Waals surface area (Å²) in [5, 5.41) is 0. The Balaban J connectivity index is 1.97. The van der Waals surface area contributed by atoms with Crippen molar-refractivity contribution in [1.29, 1.82) is 0 Å². The van der Waals surface area contributed by atoms with Crippen LogP contribution in [-0.4, -0.2) is 44.0 Å². The molecule has 1 atom stereocenters. The molecule has 0 radical (unpaired) electrons. The Kier molecular flexibility index (Phi) is 4.38. The van der Waals surface area contributed by atoms with E-state index in [1.165, 1.54) is 31.2 Å². The molecule has 0 saturated carbocycles. The van der Waals surface area contributed by atoms with Gasteiger partial charge in [-0.15, -0.1) is 0 Å². The number of aromatic nitrogens is 1. The molecule has 1 unspecified atom stereocenters. The Hall–Kier alpha value is -1.18. The smallest absolute Gasteiger partial charge is 0.247 e. The lowest BCUT2D eigenvalue weighted by Crippen LogP contribution is -2.40. The van der Waals surface area contributed by atoms with Crippen molar-refractivity contribution in [3.63, 3.8) is 0 Å². The number of rotatable bonds is 5. The van der Waals surface area contributed by atoms with Gasteiger partial charge in [0.2, 0.25) is 15.6 Å². The molecule has 7 heteroatoms. The average Bonchev–Trinajstić information content (AvgIpc) is 2.90. The van der Waals surface area contributed by atoms with Gasteiger partial charge in [-0.25, -0.2) is 13.1 Å². The van der Waals surface area contributed by atoms with Crippen LogP contribution >= 0.6 is 0 Å². The Bertz CT molecular complexity index is 556. The van der Waals surface area contributed by atoms with Gasteiger partial charge < -0.3 is 4.98 Å². The number of sulfonamides is 1. The summed E-state index contributed by atoms with van der Waals surface area (Å²) in [5.74, 6) is 0. The summed E-state index contributed by atoms with van der Waals surface area (Å²) in [6.07, 6.45) is 3.57. The van der Waals surface area contributed by atoms with Crippen molar-refractivity contribution >= 4 is 10.0 Å². The number of hydrogen-bond acceptors (Lipinski definition) is 4. The first-order valence-electron chi connectivity index (χ1n) is 6.41. The van der Waals surface area contributed by atoms with E-state index in [1.54, 1.807) is 0 Å². The van der Waals surface area contributed by atoms with Crippen molar-refractivity contribution < 1.29 is 8.42 Å². The second-order valence-corrected chi connectivity index (χ2v) is 6.60. The zero-order valence-corrected chi connectivity index (χ0v) is 11.7. The van der Waals surface area contributed by atoms with Crippen LogP contribution in [0.3, 0.4) is 0 Å². The number of nitrogens with one attached hydrogen (secondary N) is 2. The first-order valence-corrected chi connectivity index (χ1v) is 7.90. The standard InChI is InChI=1S/C12H19N3O3S/c1-10(15-6-2-3-7-15)8-14-19(17,18)11-4-5-12(16)13-9-11/h4-5,9-10,14H,2-3,6-8H2,1H3,(H,13,16). The molecule has 0 bridgehead atoms. The van der Waals surface area contributed by atoms with Gasteiger partial charge in [-0.3, -0.25) is 9.69 Å². The molecule has 2 heterocycles. The van der Waals surface area contributed by atoms with Crippen molar-refractivity contribution in [2.75, 3.05) is 19.6 Å². The Morgan fingerprint density at radius 3 is 2.63 bits per heavy atom. The molecule has 1 aliphatic rings. The fourth-order valence-electron chi connectivity index (χ4n) is 2.19. The molecule has 0 aliphatic carbocycles. The number of hydrogen-bond donors (Lipinski definition) is 2. The Morgan fingerprint density at radius 2 is 2.05 bits per heavy atom. The predicted octanol–water partition coefficient (Wildman–Crippen LogP) is 0.137. The molecule has 6 nitrogen and oxygen atoms in total. The molecule has 1 aromatic rings. The second-order valence-electron chi connectivity index (χ2n) is 4.83. The quantitative estimate of drug-likeness (QED) is 0.806. The van der Waals surface area contributed by atoms with Gasteiger partial charge in [0.1, 0.15) is 0 Å². The minimum absolute atomic E-state index is 0.0840. The highest BCUT2D eigenvalue weighted by atomic mass is 32.2. The molecule has 1 aliphatic heterocycles. The van der Waals surface area contributed by atoms with Gasteiger partial charge in [0.25, 0.3) is 0 Å². The minimum atomic E-state index is -3.55. The predicted molar refractivity (Wildman–Crippen MR) is 72.5 cm³/mol. The van der Waals surface area contributed by atoms with Gasteiger partial charge in [-0.2, -0.15) is 0 Å². The van der Waals surface area contributed by atoms with Gasteiger partial charge >= 0.3 is 0 Å². The van der Waals surface area contributed by atoms with Crippen LogP contribution < -0.4 is 10.3 Å². The summed E-state index contributed by atoms with van der Waals surface area (Å²) in [6, 6.07) is 2.69. The first kappa shape index (κ1) is 14.2. The summed E-state index contributed by atoms with van der Waals surface area (Å²) in [6.45, 7) is 4.45. The van der Waals surface area contributed by atoms with E-state index >= 15 is 0 Å². The molecule has 0 amide bonds. The van der Waals surface area contributed by atoms with Crippen molar-refractivity contribution in [2.24, 2.45) is 0 Å². The summed E-state index contributed by atoms with van der Waals surface area (Å²) in [5.41, 5.74) is -0.315. The molecular formula is C12H19N3O3S. The SMILES string of the molecule is CC(CNS(=O)(=O)c1ccc(=O)[nH]c1)N1CCCC1. The van der Waals surface area contributed by atoms with E-state index in [1.807, 2.05) is 6.92 Å². The first-order chi connectivity index (χ1) is 8.99. The maximum Gasteiger partial charge on any atom is 0.247 e. The lowest BCUT2D eigenvalue weighted by atomic mass is 10.3. The highest BCUT2D eigenvalue weighted by Crippen LogP contribution is 2.11. The molecule has 0 aromatic carbocycles. The van der Waals surface area contributed by atoms with Crippen LogP contribution in [0.2, 0.25) is 0 Å². The van der Waals surface area contributed by atoms with E-state index in [-0.39, 0.29) is 16.5 Å².